The fraction of sp³-hybridized carbons (Fsp3) is 0.318. The summed E-state index contributed by atoms with van der Waals surface area (Å²) in [5.41, 5.74) is 2.40. The Kier molecular flexibility index (Phi) is 4.74. The second-order valence-corrected chi connectivity index (χ2v) is 7.86. The van der Waals surface area contributed by atoms with Crippen LogP contribution in [0.5, 0.6) is 5.75 Å². The highest BCUT2D eigenvalue weighted by Gasteiger charge is 2.42. The molecule has 1 atom stereocenters. The van der Waals surface area contributed by atoms with Crippen LogP contribution in [-0.2, 0) is 11.4 Å². The van der Waals surface area contributed by atoms with Gasteiger partial charge < -0.3 is 19.1 Å². The first kappa shape index (κ1) is 19.0. The molecule has 150 valence electrons. The molecule has 3 heterocycles. The quantitative estimate of drug-likeness (QED) is 0.720. The van der Waals surface area contributed by atoms with Crippen LogP contribution < -0.4 is 4.74 Å². The third kappa shape index (κ3) is 3.81. The summed E-state index contributed by atoms with van der Waals surface area (Å²) in [5, 5.41) is 9.37. The molecule has 1 N–H and O–H groups in total. The number of hydrogen-bond donors (Lipinski definition) is 1. The smallest absolute Gasteiger partial charge is 0.311 e. The number of imidazole rings is 1. The van der Waals surface area contributed by atoms with Gasteiger partial charge in [0.15, 0.2) is 0 Å². The van der Waals surface area contributed by atoms with Crippen molar-refractivity contribution < 1.29 is 19.4 Å². The summed E-state index contributed by atoms with van der Waals surface area (Å²) in [6.07, 6.45) is 4.39. The Bertz CT molecular complexity index is 1090. The lowest BCUT2D eigenvalue weighted by Crippen LogP contribution is -2.34. The molecule has 4 rings (SSSR count). The van der Waals surface area contributed by atoms with E-state index in [0.717, 1.165) is 16.9 Å². The van der Waals surface area contributed by atoms with Crippen LogP contribution in [0.4, 0.5) is 0 Å². The molecule has 1 aliphatic rings. The first-order chi connectivity index (χ1) is 13.8. The topological polar surface area (TPSA) is 84.1 Å². The molecule has 1 amide bonds. The average molecular weight is 393 g/mol. The van der Waals surface area contributed by atoms with Crippen LogP contribution in [0.25, 0.3) is 5.65 Å². The van der Waals surface area contributed by atoms with Crippen molar-refractivity contribution in [1.29, 1.82) is 0 Å². The van der Waals surface area contributed by atoms with E-state index in [2.05, 4.69) is 4.98 Å². The number of ether oxygens (including phenoxy) is 1. The number of fused-ring (bicyclic) bond motifs is 1. The van der Waals surface area contributed by atoms with E-state index in [4.69, 9.17) is 4.74 Å². The van der Waals surface area contributed by atoms with Crippen molar-refractivity contribution >= 4 is 17.5 Å². The predicted octanol–water partition coefficient (Wildman–Crippen LogP) is 3.16. The molecular formula is C22H23N3O4. The summed E-state index contributed by atoms with van der Waals surface area (Å²) < 4.78 is 7.80. The molecule has 1 aliphatic heterocycles. The molecule has 0 saturated carbocycles. The molecule has 1 unspecified atom stereocenters. The fourth-order valence-electron chi connectivity index (χ4n) is 3.59. The van der Waals surface area contributed by atoms with E-state index in [1.54, 1.807) is 36.1 Å². The number of aryl methyl sites for hydroxylation is 1. The van der Waals surface area contributed by atoms with E-state index in [0.29, 0.717) is 30.9 Å². The van der Waals surface area contributed by atoms with Crippen molar-refractivity contribution in [3.63, 3.8) is 0 Å². The lowest BCUT2D eigenvalue weighted by Gasteiger charge is -2.20. The number of nitrogens with zero attached hydrogens (tertiary/aromatic N) is 3. The molecule has 1 saturated heterocycles. The Hall–Kier alpha value is -3.35. The number of carboxylic acid groups (broad SMARTS) is 1. The third-order valence-corrected chi connectivity index (χ3v) is 5.39. The molecule has 0 radical (unpaired) electrons. The van der Waals surface area contributed by atoms with Crippen LogP contribution in [0.3, 0.4) is 0 Å². The molecule has 0 spiro atoms. The zero-order valence-electron chi connectivity index (χ0n) is 16.5. The molecule has 3 aromatic rings. The average Bonchev–Trinajstić information content (AvgIpc) is 3.30. The van der Waals surface area contributed by atoms with E-state index in [1.807, 2.05) is 35.9 Å². The number of carbonyl (C=O) groups is 2. The van der Waals surface area contributed by atoms with Gasteiger partial charge in [-0.15, -0.1) is 0 Å². The molecule has 7 nitrogen and oxygen atoms in total. The zero-order chi connectivity index (χ0) is 20.6. The van der Waals surface area contributed by atoms with E-state index < -0.39 is 11.4 Å². The highest BCUT2D eigenvalue weighted by molar-refractivity contribution is 5.95. The highest BCUT2D eigenvalue weighted by atomic mass is 16.5. The minimum absolute atomic E-state index is 0.177. The largest absolute Gasteiger partial charge is 0.487 e. The molecule has 0 aliphatic carbocycles. The van der Waals surface area contributed by atoms with Crippen molar-refractivity contribution in [2.24, 2.45) is 5.41 Å². The Morgan fingerprint density at radius 3 is 2.83 bits per heavy atom. The number of pyridine rings is 1. The number of benzene rings is 1. The van der Waals surface area contributed by atoms with Gasteiger partial charge in [0.05, 0.1) is 11.1 Å². The molecule has 7 heteroatoms. The summed E-state index contributed by atoms with van der Waals surface area (Å²) in [5.74, 6) is -0.472. The van der Waals surface area contributed by atoms with Gasteiger partial charge in [-0.05, 0) is 50.1 Å². The number of carbonyl (C=O) groups excluding carboxylic acids is 1. The lowest BCUT2D eigenvalue weighted by molar-refractivity contribution is -0.147. The number of amides is 1. The van der Waals surface area contributed by atoms with Crippen molar-refractivity contribution in [2.45, 2.75) is 26.9 Å². The lowest BCUT2D eigenvalue weighted by atomic mass is 9.90. The van der Waals surface area contributed by atoms with Crippen molar-refractivity contribution in [3.8, 4) is 5.75 Å². The zero-order valence-corrected chi connectivity index (χ0v) is 16.5. The first-order valence-corrected chi connectivity index (χ1v) is 9.54. The number of carboxylic acids is 1. The Balaban J connectivity index is 1.44. The summed E-state index contributed by atoms with van der Waals surface area (Å²) in [7, 11) is 0. The summed E-state index contributed by atoms with van der Waals surface area (Å²) in [6, 6.07) is 10.9. The fourth-order valence-corrected chi connectivity index (χ4v) is 3.59. The van der Waals surface area contributed by atoms with E-state index in [-0.39, 0.29) is 12.5 Å². The molecule has 1 fully saturated rings. The molecule has 0 bridgehead atoms. The predicted molar refractivity (Wildman–Crippen MR) is 107 cm³/mol. The number of likely N-dealkylation sites (tertiary alicyclic amines) is 1. The molecule has 2 aromatic heterocycles. The van der Waals surface area contributed by atoms with E-state index >= 15 is 0 Å². The van der Waals surface area contributed by atoms with Crippen LogP contribution in [0, 0.1) is 12.3 Å². The number of aliphatic carboxylic acids is 1. The van der Waals surface area contributed by atoms with Crippen LogP contribution in [0.1, 0.15) is 35.0 Å². The minimum atomic E-state index is -0.884. The molecular weight excluding hydrogens is 370 g/mol. The van der Waals surface area contributed by atoms with Gasteiger partial charge in [0.1, 0.15) is 18.0 Å². The van der Waals surface area contributed by atoms with Crippen LogP contribution in [0.2, 0.25) is 0 Å². The number of hydrogen-bond acceptors (Lipinski definition) is 4. The molecule has 29 heavy (non-hydrogen) atoms. The van der Waals surface area contributed by atoms with E-state index in [9.17, 15) is 14.7 Å². The van der Waals surface area contributed by atoms with Crippen molar-refractivity contribution in [3.05, 3.63) is 65.6 Å². The van der Waals surface area contributed by atoms with Gasteiger partial charge in [-0.3, -0.25) is 9.59 Å². The first-order valence-electron chi connectivity index (χ1n) is 9.54. The minimum Gasteiger partial charge on any atom is -0.487 e. The monoisotopic (exact) mass is 393 g/mol. The standard InChI is InChI=1S/C22H23N3O4/c1-15-6-7-19-23-17(12-25(19)11-15)13-29-18-5-3-4-16(10-18)20(26)24-9-8-22(2,14-24)21(27)28/h3-7,10-12H,8-9,13-14H2,1-2H3,(H,27,28). The van der Waals surface area contributed by atoms with Crippen LogP contribution in [0.15, 0.2) is 48.8 Å². The van der Waals surface area contributed by atoms with Crippen LogP contribution in [-0.4, -0.2) is 44.4 Å². The maximum atomic E-state index is 12.8. The van der Waals surface area contributed by atoms with Crippen molar-refractivity contribution in [2.75, 3.05) is 13.1 Å². The van der Waals surface area contributed by atoms with Gasteiger partial charge >= 0.3 is 5.97 Å². The maximum Gasteiger partial charge on any atom is 0.311 e. The normalized spacial score (nSPS) is 18.9. The third-order valence-electron chi connectivity index (χ3n) is 5.39. The van der Waals surface area contributed by atoms with Gasteiger partial charge in [-0.25, -0.2) is 4.98 Å². The summed E-state index contributed by atoms with van der Waals surface area (Å²) >= 11 is 0. The Morgan fingerprint density at radius 1 is 1.24 bits per heavy atom. The Morgan fingerprint density at radius 2 is 2.07 bits per heavy atom. The van der Waals surface area contributed by atoms with Gasteiger partial charge in [0.2, 0.25) is 0 Å². The SMILES string of the molecule is Cc1ccc2nc(COc3cccc(C(=O)N4CCC(C)(C(=O)O)C4)c3)cn2c1. The maximum absolute atomic E-state index is 12.8. The second-order valence-electron chi connectivity index (χ2n) is 7.86. The van der Waals surface area contributed by atoms with Crippen molar-refractivity contribution in [1.82, 2.24) is 14.3 Å². The molecule has 1 aromatic carbocycles. The van der Waals surface area contributed by atoms with Gasteiger partial charge in [-0.1, -0.05) is 12.1 Å². The van der Waals surface area contributed by atoms with Crippen LogP contribution >= 0.6 is 0 Å². The Labute approximate surface area is 168 Å². The summed E-state index contributed by atoms with van der Waals surface area (Å²) in [6.45, 7) is 4.65. The van der Waals surface area contributed by atoms with Gasteiger partial charge in [-0.2, -0.15) is 0 Å². The number of rotatable bonds is 5. The highest BCUT2D eigenvalue weighted by Crippen LogP contribution is 2.31. The number of aromatic nitrogens is 2. The summed E-state index contributed by atoms with van der Waals surface area (Å²) in [4.78, 5) is 30.3. The van der Waals surface area contributed by atoms with Gasteiger partial charge in [0.25, 0.3) is 5.91 Å². The second kappa shape index (κ2) is 7.24. The van der Waals surface area contributed by atoms with E-state index in [1.165, 1.54) is 0 Å². The van der Waals surface area contributed by atoms with Gasteiger partial charge in [0, 0.05) is 31.0 Å².